The predicted molar refractivity (Wildman–Crippen MR) is 136 cm³/mol. The summed E-state index contributed by atoms with van der Waals surface area (Å²) in [5, 5.41) is 4.57. The minimum Gasteiger partial charge on any atom is -0.497 e. The highest BCUT2D eigenvalue weighted by Crippen LogP contribution is 2.35. The largest absolute Gasteiger partial charge is 0.497 e. The van der Waals surface area contributed by atoms with Crippen LogP contribution in [0.3, 0.4) is 0 Å². The van der Waals surface area contributed by atoms with Crippen LogP contribution in [0, 0.1) is 0 Å². The van der Waals surface area contributed by atoms with Crippen molar-refractivity contribution in [1.82, 2.24) is 19.9 Å². The number of benzene rings is 2. The molecule has 5 aromatic rings. The number of hydrogen-bond donors (Lipinski definition) is 1. The molecule has 0 fully saturated rings. The van der Waals surface area contributed by atoms with Crippen LogP contribution >= 0.6 is 11.3 Å². The first-order valence-electron chi connectivity index (χ1n) is 10.9. The molecule has 0 aliphatic heterocycles. The van der Waals surface area contributed by atoms with E-state index in [1.807, 2.05) is 60.7 Å². The van der Waals surface area contributed by atoms with Gasteiger partial charge in [-0.2, -0.15) is 0 Å². The summed E-state index contributed by atoms with van der Waals surface area (Å²) in [4.78, 5) is 31.5. The smallest absolute Gasteiger partial charge is 0.350 e. The van der Waals surface area contributed by atoms with E-state index in [0.29, 0.717) is 33.1 Å². The maximum Gasteiger partial charge on any atom is 0.350 e. The van der Waals surface area contributed by atoms with Crippen molar-refractivity contribution in [2.45, 2.75) is 6.92 Å². The van der Waals surface area contributed by atoms with Crippen LogP contribution in [0.2, 0.25) is 0 Å². The Morgan fingerprint density at radius 2 is 1.83 bits per heavy atom. The molecule has 0 aliphatic carbocycles. The molecule has 0 atom stereocenters. The van der Waals surface area contributed by atoms with Crippen LogP contribution in [0.1, 0.15) is 16.6 Å². The molecule has 3 aromatic heterocycles. The molecule has 3 heterocycles. The van der Waals surface area contributed by atoms with Gasteiger partial charge in [-0.15, -0.1) is 0 Å². The number of ether oxygens (including phenoxy) is 2. The number of methoxy groups -OCH3 is 1. The van der Waals surface area contributed by atoms with E-state index in [-0.39, 0.29) is 6.61 Å². The Balaban J connectivity index is 1.63. The molecule has 1 N–H and O–H groups in total. The van der Waals surface area contributed by atoms with Crippen LogP contribution in [-0.4, -0.2) is 39.6 Å². The van der Waals surface area contributed by atoms with E-state index in [9.17, 15) is 4.79 Å². The van der Waals surface area contributed by atoms with E-state index >= 15 is 0 Å². The van der Waals surface area contributed by atoms with Crippen molar-refractivity contribution in [2.75, 3.05) is 19.0 Å². The lowest BCUT2D eigenvalue weighted by Crippen LogP contribution is -2.03. The first-order valence-corrected chi connectivity index (χ1v) is 11.7. The van der Waals surface area contributed by atoms with Gasteiger partial charge in [0.05, 0.1) is 24.9 Å². The van der Waals surface area contributed by atoms with Gasteiger partial charge in [-0.25, -0.2) is 19.7 Å². The number of nitrogens with one attached hydrogen (secondary N) is 1. The number of fused-ring (bicyclic) bond motifs is 1. The van der Waals surface area contributed by atoms with E-state index in [0.717, 1.165) is 22.0 Å². The highest BCUT2D eigenvalue weighted by atomic mass is 32.1. The average Bonchev–Trinajstić information content (AvgIpc) is 3.33. The second-order valence-corrected chi connectivity index (χ2v) is 8.43. The molecule has 2 aromatic carbocycles. The number of pyridine rings is 1. The second-order valence-electron chi connectivity index (χ2n) is 7.43. The van der Waals surface area contributed by atoms with Gasteiger partial charge >= 0.3 is 5.97 Å². The fraction of sp³-hybridized carbons (Fsp3) is 0.115. The number of carbonyl (C=O) groups excluding carboxylic acids is 1. The van der Waals surface area contributed by atoms with Crippen LogP contribution in [-0.2, 0) is 4.74 Å². The summed E-state index contributed by atoms with van der Waals surface area (Å²) in [5.41, 5.74) is 2.89. The standard InChI is InChI=1S/C26H21N5O3S/c1-3-34-25(32)22-21(16-8-5-4-6-9-16)29-26(35-22)31-24-19-14-18(33-2)11-12-20(19)28-23(30-24)17-10-7-13-27-15-17/h4-15H,3H2,1-2H3,(H,28,29,30,31). The molecule has 0 unspecified atom stereocenters. The molecule has 0 radical (unpaired) electrons. The Bertz CT molecular complexity index is 1490. The third-order valence-electron chi connectivity index (χ3n) is 5.18. The first-order chi connectivity index (χ1) is 17.2. The summed E-state index contributed by atoms with van der Waals surface area (Å²) >= 11 is 1.22. The van der Waals surface area contributed by atoms with Gasteiger partial charge in [0.25, 0.3) is 0 Å². The van der Waals surface area contributed by atoms with Crippen LogP contribution in [0.4, 0.5) is 10.9 Å². The number of anilines is 2. The fourth-order valence-corrected chi connectivity index (χ4v) is 4.44. The maximum atomic E-state index is 12.7. The Kier molecular flexibility index (Phi) is 6.32. The molecule has 0 amide bonds. The third kappa shape index (κ3) is 4.67. The van der Waals surface area contributed by atoms with E-state index in [1.165, 1.54) is 11.3 Å². The van der Waals surface area contributed by atoms with Gasteiger partial charge in [-0.3, -0.25) is 4.98 Å². The minimum atomic E-state index is -0.415. The Hall–Kier alpha value is -4.37. The highest BCUT2D eigenvalue weighted by molar-refractivity contribution is 7.18. The summed E-state index contributed by atoms with van der Waals surface area (Å²) < 4.78 is 10.7. The van der Waals surface area contributed by atoms with Crippen molar-refractivity contribution < 1.29 is 14.3 Å². The van der Waals surface area contributed by atoms with E-state index < -0.39 is 5.97 Å². The molecule has 5 rings (SSSR count). The Morgan fingerprint density at radius 3 is 2.57 bits per heavy atom. The van der Waals surface area contributed by atoms with Gasteiger partial charge < -0.3 is 14.8 Å². The van der Waals surface area contributed by atoms with Gasteiger partial charge in [-0.1, -0.05) is 41.7 Å². The average molecular weight is 484 g/mol. The van der Waals surface area contributed by atoms with E-state index in [1.54, 1.807) is 26.4 Å². The normalized spacial score (nSPS) is 10.8. The molecule has 8 nitrogen and oxygen atoms in total. The number of hydrogen-bond acceptors (Lipinski definition) is 9. The lowest BCUT2D eigenvalue weighted by molar-refractivity contribution is 0.0532. The lowest BCUT2D eigenvalue weighted by atomic mass is 10.1. The summed E-state index contributed by atoms with van der Waals surface area (Å²) in [6.07, 6.45) is 3.41. The molecule has 9 heteroatoms. The molecular formula is C26H21N5O3S. The van der Waals surface area contributed by atoms with Crippen molar-refractivity contribution >= 4 is 39.2 Å². The van der Waals surface area contributed by atoms with Crippen LogP contribution in [0.15, 0.2) is 73.1 Å². The molecule has 174 valence electrons. The summed E-state index contributed by atoms with van der Waals surface area (Å²) in [5.74, 6) is 1.32. The van der Waals surface area contributed by atoms with Crippen molar-refractivity contribution in [1.29, 1.82) is 0 Å². The van der Waals surface area contributed by atoms with Gasteiger partial charge in [0.2, 0.25) is 0 Å². The molecule has 0 aliphatic rings. The van der Waals surface area contributed by atoms with Gasteiger partial charge in [0, 0.05) is 28.9 Å². The van der Waals surface area contributed by atoms with E-state index in [2.05, 4.69) is 10.3 Å². The Labute approximate surface area is 205 Å². The highest BCUT2D eigenvalue weighted by Gasteiger charge is 2.22. The molecule has 0 bridgehead atoms. The third-order valence-corrected chi connectivity index (χ3v) is 6.13. The topological polar surface area (TPSA) is 99.1 Å². The van der Waals surface area contributed by atoms with Crippen molar-refractivity contribution in [3.63, 3.8) is 0 Å². The van der Waals surface area contributed by atoms with Gasteiger partial charge in [0.15, 0.2) is 11.0 Å². The molecular weight excluding hydrogens is 462 g/mol. The summed E-state index contributed by atoms with van der Waals surface area (Å²) in [7, 11) is 1.61. The number of carbonyl (C=O) groups is 1. The van der Waals surface area contributed by atoms with Crippen LogP contribution in [0.5, 0.6) is 5.75 Å². The zero-order valence-electron chi connectivity index (χ0n) is 19.1. The SMILES string of the molecule is CCOC(=O)c1sc(Nc2nc(-c3cccnc3)nc3ccc(OC)cc23)nc1-c1ccccc1. The van der Waals surface area contributed by atoms with Gasteiger partial charge in [-0.05, 0) is 37.3 Å². The minimum absolute atomic E-state index is 0.276. The van der Waals surface area contributed by atoms with E-state index in [4.69, 9.17) is 24.4 Å². The summed E-state index contributed by atoms with van der Waals surface area (Å²) in [6, 6.07) is 18.9. The maximum absolute atomic E-state index is 12.7. The number of rotatable bonds is 7. The second kappa shape index (κ2) is 9.86. The lowest BCUT2D eigenvalue weighted by Gasteiger charge is -2.10. The molecule has 0 spiro atoms. The number of aromatic nitrogens is 4. The fourth-order valence-electron chi connectivity index (χ4n) is 3.56. The Morgan fingerprint density at radius 1 is 1.00 bits per heavy atom. The quantitative estimate of drug-likeness (QED) is 0.292. The van der Waals surface area contributed by atoms with Crippen LogP contribution in [0.25, 0.3) is 33.5 Å². The predicted octanol–water partition coefficient (Wildman–Crippen LogP) is 5.74. The monoisotopic (exact) mass is 483 g/mol. The first kappa shape index (κ1) is 22.4. The van der Waals surface area contributed by atoms with Gasteiger partial charge in [0.1, 0.15) is 16.4 Å². The number of thiazole rings is 1. The number of nitrogens with zero attached hydrogens (tertiary/aromatic N) is 4. The zero-order valence-corrected chi connectivity index (χ0v) is 19.9. The summed E-state index contributed by atoms with van der Waals surface area (Å²) in [6.45, 7) is 2.05. The number of esters is 1. The van der Waals surface area contributed by atoms with Crippen molar-refractivity contribution in [3.8, 4) is 28.4 Å². The molecule has 35 heavy (non-hydrogen) atoms. The zero-order chi connectivity index (χ0) is 24.2. The van der Waals surface area contributed by atoms with Crippen molar-refractivity contribution in [2.24, 2.45) is 0 Å². The van der Waals surface area contributed by atoms with Crippen molar-refractivity contribution in [3.05, 3.63) is 77.9 Å². The van der Waals surface area contributed by atoms with Crippen LogP contribution < -0.4 is 10.1 Å². The molecule has 0 saturated carbocycles. The molecule has 0 saturated heterocycles.